The summed E-state index contributed by atoms with van der Waals surface area (Å²) in [7, 11) is 0. The van der Waals surface area contributed by atoms with E-state index in [0.717, 1.165) is 16.8 Å². The molecule has 1 heterocycles. The SMILES string of the molecule is Clc1cc(Cl)cc(-c2ccc3c(c2)c2c4ccccc4ccc2n3-c2ccccc2)c1. The van der Waals surface area contributed by atoms with Gasteiger partial charge in [-0.2, -0.15) is 0 Å². The molecular formula is C28H17Cl2N. The lowest BCUT2D eigenvalue weighted by Crippen LogP contribution is -1.93. The number of hydrogen-bond acceptors (Lipinski definition) is 0. The minimum Gasteiger partial charge on any atom is -0.309 e. The Bertz CT molecular complexity index is 1580. The number of halogens is 2. The van der Waals surface area contributed by atoms with Crippen molar-refractivity contribution in [1.82, 2.24) is 4.57 Å². The Morgan fingerprint density at radius 1 is 0.516 bits per heavy atom. The molecule has 31 heavy (non-hydrogen) atoms. The summed E-state index contributed by atoms with van der Waals surface area (Å²) in [4.78, 5) is 0. The molecule has 0 N–H and O–H groups in total. The van der Waals surface area contributed by atoms with E-state index in [1.807, 2.05) is 18.2 Å². The van der Waals surface area contributed by atoms with E-state index in [1.165, 1.54) is 32.6 Å². The molecule has 0 unspecified atom stereocenters. The molecule has 0 saturated carbocycles. The summed E-state index contributed by atoms with van der Waals surface area (Å²) < 4.78 is 2.34. The van der Waals surface area contributed by atoms with Crippen molar-refractivity contribution < 1.29 is 0 Å². The van der Waals surface area contributed by atoms with Crippen molar-refractivity contribution in [2.75, 3.05) is 0 Å². The standard InChI is InChI=1S/C28H17Cl2N/c29-21-14-20(15-22(30)17-21)19-11-12-26-25(16-19)28-24-9-5-4-6-18(24)10-13-27(28)31(26)23-7-2-1-3-8-23/h1-17H. The monoisotopic (exact) mass is 437 g/mol. The Balaban J connectivity index is 1.76. The van der Waals surface area contributed by atoms with Gasteiger partial charge in [0, 0.05) is 26.5 Å². The van der Waals surface area contributed by atoms with Crippen LogP contribution in [0.3, 0.4) is 0 Å². The molecule has 0 aliphatic rings. The molecular weight excluding hydrogens is 421 g/mol. The van der Waals surface area contributed by atoms with Crippen molar-refractivity contribution in [1.29, 1.82) is 0 Å². The molecule has 0 fully saturated rings. The van der Waals surface area contributed by atoms with Crippen LogP contribution in [0.1, 0.15) is 0 Å². The van der Waals surface area contributed by atoms with Gasteiger partial charge in [0.1, 0.15) is 0 Å². The van der Waals surface area contributed by atoms with Gasteiger partial charge in [0.2, 0.25) is 0 Å². The zero-order valence-electron chi connectivity index (χ0n) is 16.5. The molecule has 3 heteroatoms. The van der Waals surface area contributed by atoms with E-state index in [0.29, 0.717) is 10.0 Å². The fourth-order valence-electron chi connectivity index (χ4n) is 4.55. The van der Waals surface area contributed by atoms with Crippen LogP contribution < -0.4 is 0 Å². The van der Waals surface area contributed by atoms with Gasteiger partial charge in [0.05, 0.1) is 11.0 Å². The highest BCUT2D eigenvalue weighted by Gasteiger charge is 2.15. The lowest BCUT2D eigenvalue weighted by molar-refractivity contribution is 1.18. The maximum absolute atomic E-state index is 6.29. The fourth-order valence-corrected chi connectivity index (χ4v) is 5.07. The van der Waals surface area contributed by atoms with Crippen LogP contribution >= 0.6 is 23.2 Å². The average Bonchev–Trinajstić information content (AvgIpc) is 3.13. The number of para-hydroxylation sites is 1. The summed E-state index contributed by atoms with van der Waals surface area (Å²) in [6, 6.07) is 35.8. The van der Waals surface area contributed by atoms with E-state index in [-0.39, 0.29) is 0 Å². The Labute approximate surface area is 190 Å². The molecule has 0 atom stereocenters. The van der Waals surface area contributed by atoms with Gasteiger partial charge in [-0.1, -0.05) is 77.8 Å². The van der Waals surface area contributed by atoms with Crippen molar-refractivity contribution in [3.05, 3.63) is 113 Å². The van der Waals surface area contributed by atoms with Gasteiger partial charge in [-0.05, 0) is 70.4 Å². The van der Waals surface area contributed by atoms with Gasteiger partial charge in [0.25, 0.3) is 0 Å². The van der Waals surface area contributed by atoms with Crippen molar-refractivity contribution in [2.24, 2.45) is 0 Å². The van der Waals surface area contributed by atoms with Crippen LogP contribution in [-0.4, -0.2) is 4.57 Å². The molecule has 1 aromatic heterocycles. The molecule has 0 spiro atoms. The molecule has 6 aromatic rings. The van der Waals surface area contributed by atoms with E-state index in [2.05, 4.69) is 83.4 Å². The topological polar surface area (TPSA) is 4.93 Å². The summed E-state index contributed by atoms with van der Waals surface area (Å²) in [5.74, 6) is 0. The smallest absolute Gasteiger partial charge is 0.0547 e. The van der Waals surface area contributed by atoms with E-state index in [4.69, 9.17) is 23.2 Å². The molecule has 0 aliphatic heterocycles. The second-order valence-electron chi connectivity index (χ2n) is 7.74. The first-order valence-electron chi connectivity index (χ1n) is 10.2. The summed E-state index contributed by atoms with van der Waals surface area (Å²) >= 11 is 12.6. The van der Waals surface area contributed by atoms with Crippen LogP contribution in [0.15, 0.2) is 103 Å². The van der Waals surface area contributed by atoms with Crippen molar-refractivity contribution >= 4 is 55.8 Å². The number of fused-ring (bicyclic) bond motifs is 5. The third-order valence-corrected chi connectivity index (χ3v) is 6.30. The largest absolute Gasteiger partial charge is 0.309 e. The van der Waals surface area contributed by atoms with Crippen LogP contribution in [-0.2, 0) is 0 Å². The summed E-state index contributed by atoms with van der Waals surface area (Å²) in [5.41, 5.74) is 5.63. The van der Waals surface area contributed by atoms with Crippen molar-refractivity contribution in [3.8, 4) is 16.8 Å². The van der Waals surface area contributed by atoms with Gasteiger partial charge >= 0.3 is 0 Å². The summed E-state index contributed by atoms with van der Waals surface area (Å²) in [6.07, 6.45) is 0. The van der Waals surface area contributed by atoms with Crippen LogP contribution in [0.25, 0.3) is 49.4 Å². The first-order chi connectivity index (χ1) is 15.2. The molecule has 6 rings (SSSR count). The predicted octanol–water partition coefficient (Wildman–Crippen LogP) is 8.91. The second-order valence-corrected chi connectivity index (χ2v) is 8.61. The second kappa shape index (κ2) is 7.16. The normalized spacial score (nSPS) is 11.5. The molecule has 0 bridgehead atoms. The highest BCUT2D eigenvalue weighted by Crippen LogP contribution is 2.39. The number of aromatic nitrogens is 1. The molecule has 5 aromatic carbocycles. The Morgan fingerprint density at radius 3 is 2.03 bits per heavy atom. The van der Waals surface area contributed by atoms with Crippen LogP contribution in [0.2, 0.25) is 10.0 Å². The van der Waals surface area contributed by atoms with Crippen LogP contribution in [0, 0.1) is 0 Å². The van der Waals surface area contributed by atoms with Gasteiger partial charge in [-0.3, -0.25) is 0 Å². The van der Waals surface area contributed by atoms with E-state index < -0.39 is 0 Å². The highest BCUT2D eigenvalue weighted by atomic mass is 35.5. The summed E-state index contributed by atoms with van der Waals surface area (Å²) in [6.45, 7) is 0. The maximum atomic E-state index is 6.29. The van der Waals surface area contributed by atoms with Gasteiger partial charge in [0.15, 0.2) is 0 Å². The predicted molar refractivity (Wildman–Crippen MR) is 134 cm³/mol. The van der Waals surface area contributed by atoms with Crippen LogP contribution in [0.5, 0.6) is 0 Å². The highest BCUT2D eigenvalue weighted by molar-refractivity contribution is 6.35. The van der Waals surface area contributed by atoms with Crippen molar-refractivity contribution in [3.63, 3.8) is 0 Å². The Morgan fingerprint density at radius 2 is 1.23 bits per heavy atom. The molecule has 0 saturated heterocycles. The van der Waals surface area contributed by atoms with E-state index in [1.54, 1.807) is 6.07 Å². The lowest BCUT2D eigenvalue weighted by atomic mass is 10.00. The molecule has 0 aliphatic carbocycles. The Hall–Kier alpha value is -3.26. The molecule has 0 amide bonds. The third kappa shape index (κ3) is 3.01. The first kappa shape index (κ1) is 18.5. The van der Waals surface area contributed by atoms with Gasteiger partial charge in [-0.15, -0.1) is 0 Å². The summed E-state index contributed by atoms with van der Waals surface area (Å²) in [5, 5.41) is 6.23. The van der Waals surface area contributed by atoms with Crippen molar-refractivity contribution in [2.45, 2.75) is 0 Å². The van der Waals surface area contributed by atoms with Gasteiger partial charge < -0.3 is 4.57 Å². The zero-order chi connectivity index (χ0) is 20.9. The minimum absolute atomic E-state index is 0.639. The number of hydrogen-bond donors (Lipinski definition) is 0. The van der Waals surface area contributed by atoms with Crippen LogP contribution in [0.4, 0.5) is 0 Å². The first-order valence-corrected chi connectivity index (χ1v) is 10.9. The third-order valence-electron chi connectivity index (χ3n) is 5.87. The number of nitrogens with zero attached hydrogens (tertiary/aromatic N) is 1. The minimum atomic E-state index is 0.639. The molecule has 148 valence electrons. The molecule has 0 radical (unpaired) electrons. The Kier molecular flexibility index (Phi) is 4.27. The molecule has 1 nitrogen and oxygen atoms in total. The number of rotatable bonds is 2. The average molecular weight is 438 g/mol. The number of benzene rings is 5. The quantitative estimate of drug-likeness (QED) is 0.254. The van der Waals surface area contributed by atoms with E-state index in [9.17, 15) is 0 Å². The maximum Gasteiger partial charge on any atom is 0.0547 e. The van der Waals surface area contributed by atoms with E-state index >= 15 is 0 Å². The zero-order valence-corrected chi connectivity index (χ0v) is 18.0. The lowest BCUT2D eigenvalue weighted by Gasteiger charge is -2.08. The fraction of sp³-hybridized carbons (Fsp3) is 0. The van der Waals surface area contributed by atoms with Gasteiger partial charge in [-0.25, -0.2) is 0 Å².